The number of carbonyl (C=O) groups excluding carboxylic acids is 2. The molecule has 0 radical (unpaired) electrons. The average Bonchev–Trinajstić information content (AvgIpc) is 3.48. The van der Waals surface area contributed by atoms with Crippen LogP contribution in [0, 0.1) is 5.92 Å². The van der Waals surface area contributed by atoms with E-state index in [1.165, 1.54) is 19.3 Å². The highest BCUT2D eigenvalue weighted by atomic mass is 32.2. The number of nitrogens with zero attached hydrogens (tertiary/aromatic N) is 1. The zero-order valence-electron chi connectivity index (χ0n) is 18.4. The Morgan fingerprint density at radius 1 is 1.06 bits per heavy atom. The van der Waals surface area contributed by atoms with E-state index in [4.69, 9.17) is 0 Å². The molecule has 2 fully saturated rings. The molecule has 2 saturated carbocycles. The fourth-order valence-electron chi connectivity index (χ4n) is 4.82. The highest BCUT2D eigenvalue weighted by Crippen LogP contribution is 2.37. The number of hydrogen-bond acceptors (Lipinski definition) is 4. The van der Waals surface area contributed by atoms with Crippen LogP contribution >= 0.6 is 0 Å². The Kier molecular flexibility index (Phi) is 6.70. The van der Waals surface area contributed by atoms with Crippen LogP contribution in [-0.2, 0) is 25.8 Å². The number of benzene rings is 1. The first kappa shape index (κ1) is 22.3. The number of nitrogens with one attached hydrogen (secondary N) is 1. The number of carbonyl (C=O) groups is 2. The van der Waals surface area contributed by atoms with Gasteiger partial charge < -0.3 is 10.2 Å². The summed E-state index contributed by atoms with van der Waals surface area (Å²) in [5.41, 5.74) is 1.74. The molecule has 0 spiro atoms. The second-order valence-electron chi connectivity index (χ2n) is 9.47. The minimum atomic E-state index is -3.62. The van der Waals surface area contributed by atoms with E-state index in [1.807, 2.05) is 0 Å². The average molecular weight is 447 g/mol. The van der Waals surface area contributed by atoms with E-state index in [9.17, 15) is 18.0 Å². The maximum Gasteiger partial charge on any atom is 0.230 e. The normalized spacial score (nSPS) is 21.1. The molecule has 1 N–H and O–H groups in total. The molecule has 2 aliphatic carbocycles. The minimum absolute atomic E-state index is 0.0256. The second-order valence-corrected chi connectivity index (χ2v) is 11.8. The summed E-state index contributed by atoms with van der Waals surface area (Å²) in [5, 5.41) is 2.28. The van der Waals surface area contributed by atoms with Crippen LogP contribution in [-0.4, -0.2) is 38.1 Å². The van der Waals surface area contributed by atoms with Crippen molar-refractivity contribution in [2.24, 2.45) is 5.92 Å². The van der Waals surface area contributed by atoms with Gasteiger partial charge in [-0.15, -0.1) is 0 Å². The van der Waals surface area contributed by atoms with Crippen LogP contribution in [0.1, 0.15) is 76.7 Å². The maximum atomic E-state index is 13.1. The van der Waals surface area contributed by atoms with Crippen LogP contribution in [0.25, 0.3) is 0 Å². The van der Waals surface area contributed by atoms with Crippen LogP contribution in [0.5, 0.6) is 0 Å². The lowest BCUT2D eigenvalue weighted by atomic mass is 9.96. The number of fused-ring (bicyclic) bond motifs is 1. The van der Waals surface area contributed by atoms with E-state index in [-0.39, 0.29) is 35.1 Å². The Morgan fingerprint density at radius 2 is 1.74 bits per heavy atom. The fourth-order valence-corrected chi connectivity index (χ4v) is 6.22. The SMILES string of the molecule is C[C@@H](CC(=O)NC1CCCCCCC1)S(=O)(=O)c1ccc2c(c1)CCN2C(=O)C1CC1. The van der Waals surface area contributed by atoms with Gasteiger partial charge in [0.25, 0.3) is 0 Å². The molecule has 1 aliphatic heterocycles. The van der Waals surface area contributed by atoms with Gasteiger partial charge in [-0.25, -0.2) is 8.42 Å². The Balaban J connectivity index is 1.39. The van der Waals surface area contributed by atoms with Crippen molar-refractivity contribution in [3.63, 3.8) is 0 Å². The molecule has 0 bridgehead atoms. The molecule has 1 atom stereocenters. The van der Waals surface area contributed by atoms with E-state index in [0.29, 0.717) is 13.0 Å². The van der Waals surface area contributed by atoms with Gasteiger partial charge >= 0.3 is 0 Å². The minimum Gasteiger partial charge on any atom is -0.353 e. The summed E-state index contributed by atoms with van der Waals surface area (Å²) in [5.74, 6) is 0.128. The van der Waals surface area contributed by atoms with Crippen molar-refractivity contribution in [3.8, 4) is 0 Å². The molecule has 2 amide bonds. The summed E-state index contributed by atoms with van der Waals surface area (Å²) in [7, 11) is -3.62. The molecular weight excluding hydrogens is 412 g/mol. The second kappa shape index (κ2) is 9.31. The third-order valence-electron chi connectivity index (χ3n) is 6.94. The molecule has 1 heterocycles. The van der Waals surface area contributed by atoms with Crippen molar-refractivity contribution in [3.05, 3.63) is 23.8 Å². The molecule has 0 aromatic heterocycles. The Bertz CT molecular complexity index is 931. The number of rotatable bonds is 6. The fraction of sp³-hybridized carbons (Fsp3) is 0.667. The summed E-state index contributed by atoms with van der Waals surface area (Å²) in [6.45, 7) is 2.23. The van der Waals surface area contributed by atoms with Gasteiger partial charge in [-0.3, -0.25) is 9.59 Å². The van der Waals surface area contributed by atoms with Crippen molar-refractivity contribution in [1.29, 1.82) is 0 Å². The Morgan fingerprint density at radius 3 is 2.42 bits per heavy atom. The molecule has 1 aromatic carbocycles. The molecule has 31 heavy (non-hydrogen) atoms. The Hall–Kier alpha value is -1.89. The molecule has 0 unspecified atom stereocenters. The smallest absolute Gasteiger partial charge is 0.230 e. The van der Waals surface area contributed by atoms with E-state index >= 15 is 0 Å². The topological polar surface area (TPSA) is 83.6 Å². The molecule has 3 aliphatic rings. The number of amides is 2. The van der Waals surface area contributed by atoms with E-state index in [0.717, 1.165) is 49.8 Å². The molecule has 0 saturated heterocycles. The predicted octanol–water partition coefficient (Wildman–Crippen LogP) is 3.77. The quantitative estimate of drug-likeness (QED) is 0.721. The van der Waals surface area contributed by atoms with Gasteiger partial charge in [0.2, 0.25) is 11.8 Å². The highest BCUT2D eigenvalue weighted by Gasteiger charge is 2.37. The van der Waals surface area contributed by atoms with Gasteiger partial charge in [-0.2, -0.15) is 0 Å². The lowest BCUT2D eigenvalue weighted by molar-refractivity contribution is -0.122. The molecule has 4 rings (SSSR count). The van der Waals surface area contributed by atoms with Gasteiger partial charge in [0.1, 0.15) is 0 Å². The number of sulfone groups is 1. The van der Waals surface area contributed by atoms with Crippen LogP contribution in [0.3, 0.4) is 0 Å². The summed E-state index contributed by atoms with van der Waals surface area (Å²) in [4.78, 5) is 27.1. The molecule has 6 nitrogen and oxygen atoms in total. The van der Waals surface area contributed by atoms with Crippen LogP contribution in [0.15, 0.2) is 23.1 Å². The van der Waals surface area contributed by atoms with Crippen molar-refractivity contribution in [1.82, 2.24) is 5.32 Å². The first-order chi connectivity index (χ1) is 14.9. The van der Waals surface area contributed by atoms with E-state index in [2.05, 4.69) is 5.32 Å². The summed E-state index contributed by atoms with van der Waals surface area (Å²) < 4.78 is 26.3. The summed E-state index contributed by atoms with van der Waals surface area (Å²) in [6.07, 6.45) is 10.4. The van der Waals surface area contributed by atoms with Gasteiger partial charge in [-0.05, 0) is 62.8 Å². The maximum absolute atomic E-state index is 13.1. The number of anilines is 1. The summed E-state index contributed by atoms with van der Waals surface area (Å²) in [6, 6.07) is 5.22. The lowest BCUT2D eigenvalue weighted by Gasteiger charge is -2.22. The zero-order chi connectivity index (χ0) is 22.0. The van der Waals surface area contributed by atoms with Crippen LogP contribution < -0.4 is 10.2 Å². The van der Waals surface area contributed by atoms with Crippen LogP contribution in [0.2, 0.25) is 0 Å². The largest absolute Gasteiger partial charge is 0.353 e. The number of hydrogen-bond donors (Lipinski definition) is 1. The molecular formula is C24H34N2O4S. The van der Waals surface area contributed by atoms with Gasteiger partial charge in [0.15, 0.2) is 9.84 Å². The standard InChI is InChI=1S/C24H34N2O4S/c1-17(15-23(27)25-20-7-5-3-2-4-6-8-20)31(29,30)21-11-12-22-19(16-21)13-14-26(22)24(28)18-9-10-18/h11-12,16-18,20H,2-10,13-15H2,1H3,(H,25,27)/t17-/m0/s1. The van der Waals surface area contributed by atoms with Crippen LogP contribution in [0.4, 0.5) is 5.69 Å². The predicted molar refractivity (Wildman–Crippen MR) is 121 cm³/mol. The first-order valence-electron chi connectivity index (χ1n) is 11.8. The van der Waals surface area contributed by atoms with Crippen molar-refractivity contribution >= 4 is 27.3 Å². The lowest BCUT2D eigenvalue weighted by Crippen LogP contribution is -2.37. The third kappa shape index (κ3) is 5.13. The van der Waals surface area contributed by atoms with Gasteiger partial charge in [-0.1, -0.05) is 32.1 Å². The molecule has 170 valence electrons. The van der Waals surface area contributed by atoms with Crippen molar-refractivity contribution in [2.45, 2.75) is 93.7 Å². The zero-order valence-corrected chi connectivity index (χ0v) is 19.3. The monoisotopic (exact) mass is 446 g/mol. The highest BCUT2D eigenvalue weighted by molar-refractivity contribution is 7.92. The van der Waals surface area contributed by atoms with Gasteiger partial charge in [0, 0.05) is 30.6 Å². The van der Waals surface area contributed by atoms with E-state index in [1.54, 1.807) is 30.0 Å². The van der Waals surface area contributed by atoms with E-state index < -0.39 is 15.1 Å². The molecule has 7 heteroatoms. The third-order valence-corrected chi connectivity index (χ3v) is 9.08. The van der Waals surface area contributed by atoms with Gasteiger partial charge in [0.05, 0.1) is 10.1 Å². The molecule has 1 aromatic rings. The Labute approximate surface area is 185 Å². The first-order valence-corrected chi connectivity index (χ1v) is 13.4. The summed E-state index contributed by atoms with van der Waals surface area (Å²) >= 11 is 0. The van der Waals surface area contributed by atoms with Crippen molar-refractivity contribution < 1.29 is 18.0 Å². The van der Waals surface area contributed by atoms with Crippen molar-refractivity contribution in [2.75, 3.05) is 11.4 Å².